The fourth-order valence-electron chi connectivity index (χ4n) is 1.85. The summed E-state index contributed by atoms with van der Waals surface area (Å²) >= 11 is 0. The second-order valence-electron chi connectivity index (χ2n) is 4.14. The Morgan fingerprint density at radius 1 is 1.33 bits per heavy atom. The van der Waals surface area contributed by atoms with Gasteiger partial charge in [0.05, 0.1) is 23.5 Å². The Morgan fingerprint density at radius 3 is 2.29 bits per heavy atom. The molecule has 0 unspecified atom stereocenters. The second-order valence-corrected chi connectivity index (χ2v) is 6.02. The van der Waals surface area contributed by atoms with Crippen LogP contribution < -0.4 is 0 Å². The molecule has 112 valence electrons. The average Bonchev–Trinajstić information content (AvgIpc) is 2.63. The zero-order valence-corrected chi connectivity index (χ0v) is 12.3. The van der Waals surface area contributed by atoms with Crippen molar-refractivity contribution in [2.75, 3.05) is 13.1 Å². The van der Waals surface area contributed by atoms with Gasteiger partial charge in [0.25, 0.3) is 0 Å². The molecule has 0 aliphatic rings. The number of hydrogen-bond donors (Lipinski definition) is 1. The van der Waals surface area contributed by atoms with Gasteiger partial charge in [-0.05, 0) is 13.8 Å². The van der Waals surface area contributed by atoms with Crippen LogP contribution in [0, 0.1) is 36.5 Å². The standard InChI is InChI=1S/C11H13N5O4S/c1-8-11(9(2)16(14-8)7-10(17)18)21(19,20)15(5-3-12)6-4-13/h5-7H2,1-2H3,(H,17,18). The highest BCUT2D eigenvalue weighted by Gasteiger charge is 2.31. The molecule has 1 aromatic heterocycles. The molecular weight excluding hydrogens is 298 g/mol. The third-order valence-corrected chi connectivity index (χ3v) is 4.74. The summed E-state index contributed by atoms with van der Waals surface area (Å²) in [5.41, 5.74) is 0.269. The lowest BCUT2D eigenvalue weighted by atomic mass is 10.4. The van der Waals surface area contributed by atoms with Crippen LogP contribution >= 0.6 is 0 Å². The minimum atomic E-state index is -4.09. The van der Waals surface area contributed by atoms with E-state index in [4.69, 9.17) is 15.6 Å². The Hall–Kier alpha value is -2.43. The lowest BCUT2D eigenvalue weighted by Crippen LogP contribution is -2.32. The Balaban J connectivity index is 3.38. The first kappa shape index (κ1) is 16.6. The van der Waals surface area contributed by atoms with Crippen LogP contribution in [0.2, 0.25) is 0 Å². The van der Waals surface area contributed by atoms with Crippen LogP contribution in [0.15, 0.2) is 4.90 Å². The average molecular weight is 311 g/mol. The van der Waals surface area contributed by atoms with E-state index in [2.05, 4.69) is 5.10 Å². The van der Waals surface area contributed by atoms with Gasteiger partial charge in [0.1, 0.15) is 24.5 Å². The topological polar surface area (TPSA) is 140 Å². The summed E-state index contributed by atoms with van der Waals surface area (Å²) in [4.78, 5) is 10.6. The maximum atomic E-state index is 12.5. The van der Waals surface area contributed by atoms with E-state index in [-0.39, 0.29) is 16.3 Å². The largest absolute Gasteiger partial charge is 0.480 e. The number of aromatic nitrogens is 2. The lowest BCUT2D eigenvalue weighted by Gasteiger charge is -2.16. The first-order valence-corrected chi connectivity index (χ1v) is 7.19. The Bertz CT molecular complexity index is 722. The summed E-state index contributed by atoms with van der Waals surface area (Å²) < 4.78 is 26.7. The molecule has 0 aromatic carbocycles. The van der Waals surface area contributed by atoms with Crippen molar-refractivity contribution in [3.05, 3.63) is 11.4 Å². The van der Waals surface area contributed by atoms with E-state index in [1.807, 2.05) is 0 Å². The molecular formula is C11H13N5O4S. The van der Waals surface area contributed by atoms with Crippen molar-refractivity contribution in [1.29, 1.82) is 10.5 Å². The van der Waals surface area contributed by atoms with Crippen molar-refractivity contribution < 1.29 is 18.3 Å². The summed E-state index contributed by atoms with van der Waals surface area (Å²) in [6.07, 6.45) is 0. The number of rotatable bonds is 6. The third kappa shape index (κ3) is 3.37. The van der Waals surface area contributed by atoms with Crippen LogP contribution in [0.4, 0.5) is 0 Å². The lowest BCUT2D eigenvalue weighted by molar-refractivity contribution is -0.137. The highest BCUT2D eigenvalue weighted by molar-refractivity contribution is 7.89. The van der Waals surface area contributed by atoms with Gasteiger partial charge in [-0.2, -0.15) is 19.9 Å². The van der Waals surface area contributed by atoms with Gasteiger partial charge < -0.3 is 5.11 Å². The van der Waals surface area contributed by atoms with E-state index in [0.29, 0.717) is 0 Å². The van der Waals surface area contributed by atoms with Crippen LogP contribution in [0.25, 0.3) is 0 Å². The maximum Gasteiger partial charge on any atom is 0.325 e. The van der Waals surface area contributed by atoms with Crippen LogP contribution in [0.5, 0.6) is 0 Å². The molecule has 1 N–H and O–H groups in total. The summed E-state index contributed by atoms with van der Waals surface area (Å²) in [5.74, 6) is -1.16. The van der Waals surface area contributed by atoms with Crippen LogP contribution in [0.3, 0.4) is 0 Å². The van der Waals surface area contributed by atoms with Crippen molar-refractivity contribution in [3.8, 4) is 12.1 Å². The predicted octanol–water partition coefficient (Wildman–Crippen LogP) is -0.378. The number of sulfonamides is 1. The summed E-state index contributed by atoms with van der Waals surface area (Å²) in [6.45, 7) is 1.43. The van der Waals surface area contributed by atoms with Gasteiger partial charge in [-0.3, -0.25) is 9.48 Å². The zero-order chi connectivity index (χ0) is 16.2. The molecule has 1 heterocycles. The first-order chi connectivity index (χ1) is 9.75. The van der Waals surface area contributed by atoms with E-state index in [9.17, 15) is 13.2 Å². The van der Waals surface area contributed by atoms with Crippen molar-refractivity contribution in [2.24, 2.45) is 0 Å². The predicted molar refractivity (Wildman–Crippen MR) is 69.3 cm³/mol. The molecule has 1 rings (SSSR count). The molecule has 10 heteroatoms. The van der Waals surface area contributed by atoms with E-state index < -0.39 is 35.6 Å². The molecule has 1 aromatic rings. The number of carboxylic acids is 1. The molecule has 0 spiro atoms. The molecule has 0 saturated heterocycles. The van der Waals surface area contributed by atoms with E-state index in [1.54, 1.807) is 12.1 Å². The van der Waals surface area contributed by atoms with Gasteiger partial charge in [-0.15, -0.1) is 0 Å². The summed E-state index contributed by atoms with van der Waals surface area (Å²) in [7, 11) is -4.09. The maximum absolute atomic E-state index is 12.5. The third-order valence-electron chi connectivity index (χ3n) is 2.69. The molecule has 0 aliphatic carbocycles. The van der Waals surface area contributed by atoms with Crippen molar-refractivity contribution in [2.45, 2.75) is 25.3 Å². The quantitative estimate of drug-likeness (QED) is 0.706. The number of hydrogen-bond acceptors (Lipinski definition) is 6. The van der Waals surface area contributed by atoms with E-state index in [0.717, 1.165) is 8.99 Å². The minimum absolute atomic E-state index is 0.120. The molecule has 21 heavy (non-hydrogen) atoms. The Morgan fingerprint density at radius 2 is 1.86 bits per heavy atom. The van der Waals surface area contributed by atoms with Crippen molar-refractivity contribution in [3.63, 3.8) is 0 Å². The molecule has 0 bridgehead atoms. The van der Waals surface area contributed by atoms with Crippen molar-refractivity contribution in [1.82, 2.24) is 14.1 Å². The smallest absolute Gasteiger partial charge is 0.325 e. The number of nitriles is 2. The molecule has 0 aliphatic heterocycles. The fourth-order valence-corrected chi connectivity index (χ4v) is 3.45. The van der Waals surface area contributed by atoms with Gasteiger partial charge in [-0.1, -0.05) is 0 Å². The monoisotopic (exact) mass is 311 g/mol. The van der Waals surface area contributed by atoms with Gasteiger partial charge >= 0.3 is 5.97 Å². The second kappa shape index (κ2) is 6.35. The molecule has 0 fully saturated rings. The molecule has 0 amide bonds. The van der Waals surface area contributed by atoms with Crippen LogP contribution in [-0.2, 0) is 21.4 Å². The number of carbonyl (C=O) groups is 1. The first-order valence-electron chi connectivity index (χ1n) is 5.75. The van der Waals surface area contributed by atoms with Gasteiger partial charge in [0, 0.05) is 0 Å². The van der Waals surface area contributed by atoms with Crippen LogP contribution in [-0.4, -0.2) is 46.7 Å². The SMILES string of the molecule is Cc1nn(CC(=O)O)c(C)c1S(=O)(=O)N(CC#N)CC#N. The number of nitrogens with zero attached hydrogens (tertiary/aromatic N) is 5. The van der Waals surface area contributed by atoms with E-state index >= 15 is 0 Å². The van der Waals surface area contributed by atoms with E-state index in [1.165, 1.54) is 13.8 Å². The highest BCUT2D eigenvalue weighted by Crippen LogP contribution is 2.23. The van der Waals surface area contributed by atoms with Crippen molar-refractivity contribution >= 4 is 16.0 Å². The van der Waals surface area contributed by atoms with Gasteiger partial charge in [-0.25, -0.2) is 8.42 Å². The highest BCUT2D eigenvalue weighted by atomic mass is 32.2. The fraction of sp³-hybridized carbons (Fsp3) is 0.455. The summed E-state index contributed by atoms with van der Waals surface area (Å²) in [6, 6.07) is 3.36. The molecule has 9 nitrogen and oxygen atoms in total. The summed E-state index contributed by atoms with van der Waals surface area (Å²) in [5, 5.41) is 30.0. The molecule has 0 saturated carbocycles. The normalized spacial score (nSPS) is 11.1. The zero-order valence-electron chi connectivity index (χ0n) is 11.4. The molecule has 0 atom stereocenters. The number of aliphatic carboxylic acids is 1. The Labute approximate surface area is 121 Å². The Kier molecular flexibility index (Phi) is 5.02. The van der Waals surface area contributed by atoms with Gasteiger partial charge in [0.2, 0.25) is 10.0 Å². The minimum Gasteiger partial charge on any atom is -0.480 e. The molecule has 0 radical (unpaired) electrons. The number of carboxylic acid groups (broad SMARTS) is 1. The van der Waals surface area contributed by atoms with Crippen LogP contribution in [0.1, 0.15) is 11.4 Å². The van der Waals surface area contributed by atoms with Gasteiger partial charge in [0.15, 0.2) is 0 Å². The number of aryl methyl sites for hydroxylation is 1.